The van der Waals surface area contributed by atoms with E-state index in [1.807, 2.05) is 0 Å². The predicted octanol–water partition coefficient (Wildman–Crippen LogP) is 5.67. The molecule has 4 nitrogen and oxygen atoms in total. The summed E-state index contributed by atoms with van der Waals surface area (Å²) < 4.78 is 5.40. The lowest BCUT2D eigenvalue weighted by Crippen LogP contribution is -2.54. The molecule has 0 radical (unpaired) electrons. The smallest absolute Gasteiger partial charge is 0.118 e. The summed E-state index contributed by atoms with van der Waals surface area (Å²) >= 11 is 0. The molecule has 1 heterocycles. The van der Waals surface area contributed by atoms with Crippen molar-refractivity contribution in [1.29, 1.82) is 0 Å². The Bertz CT molecular complexity index is 913. The van der Waals surface area contributed by atoms with E-state index in [1.54, 1.807) is 7.11 Å². The Balaban J connectivity index is 1.30. The minimum atomic E-state index is -0.0560. The topological polar surface area (TPSA) is 45.1 Å². The number of rotatable bonds is 2. The largest absolute Gasteiger partial charge is 0.497 e. The zero-order valence-electron chi connectivity index (χ0n) is 20.3. The van der Waals surface area contributed by atoms with Gasteiger partial charge in [-0.1, -0.05) is 26.0 Å². The van der Waals surface area contributed by atoms with Crippen LogP contribution in [0.2, 0.25) is 0 Å². The number of ether oxygens (including phenoxy) is 1. The molecule has 1 aromatic carbocycles. The molecule has 1 aliphatic heterocycles. The number of methoxy groups -OCH3 is 1. The highest BCUT2D eigenvalue weighted by Gasteiger charge is 2.63. The highest BCUT2D eigenvalue weighted by atomic mass is 16.5. The Kier molecular flexibility index (Phi) is 4.74. The third-order valence-electron chi connectivity index (χ3n) is 11.0. The van der Waals surface area contributed by atoms with E-state index < -0.39 is 0 Å². The fourth-order valence-electron chi connectivity index (χ4n) is 9.33. The molecule has 0 amide bonds. The number of aliphatic hydroxyl groups is 1. The zero-order chi connectivity index (χ0) is 22.3. The lowest BCUT2D eigenvalue weighted by atomic mass is 9.45. The molecule has 1 N–H and O–H groups in total. The second kappa shape index (κ2) is 7.22. The average Bonchev–Trinajstić information content (AvgIpc) is 3.26. The van der Waals surface area contributed by atoms with Gasteiger partial charge in [0, 0.05) is 24.1 Å². The van der Waals surface area contributed by atoms with Crippen LogP contribution in [0.1, 0.15) is 76.8 Å². The van der Waals surface area contributed by atoms with Crippen molar-refractivity contribution < 1.29 is 9.84 Å². The van der Waals surface area contributed by atoms with Gasteiger partial charge in [-0.15, -0.1) is 0 Å². The molecule has 32 heavy (non-hydrogen) atoms. The molecule has 4 fully saturated rings. The molecule has 0 spiro atoms. The lowest BCUT2D eigenvalue weighted by molar-refractivity contribution is -0.115. The SMILES string of the molecule is COc1ccc([C@@H]2[C@H]3C[C@H]4[C@@H]5CC[C@H]6C[C@@H](O)CC[C@]6(C)[C@H]5CC[C@]4(C)C3=NN2C)cc1. The summed E-state index contributed by atoms with van der Waals surface area (Å²) in [5, 5.41) is 17.8. The third-order valence-corrected chi connectivity index (χ3v) is 11.0. The minimum Gasteiger partial charge on any atom is -0.497 e. The fourth-order valence-corrected chi connectivity index (χ4v) is 9.33. The molecule has 0 aromatic heterocycles. The van der Waals surface area contributed by atoms with Crippen LogP contribution in [-0.4, -0.2) is 36.1 Å². The van der Waals surface area contributed by atoms with Crippen LogP contribution in [-0.2, 0) is 0 Å². The van der Waals surface area contributed by atoms with Crippen LogP contribution in [0, 0.1) is 40.4 Å². The molecule has 5 aliphatic rings. The lowest BCUT2D eigenvalue weighted by Gasteiger charge is -2.60. The van der Waals surface area contributed by atoms with Crippen LogP contribution in [0.3, 0.4) is 0 Å². The Morgan fingerprint density at radius 3 is 2.53 bits per heavy atom. The Labute approximate surface area is 193 Å². The maximum absolute atomic E-state index is 10.3. The fraction of sp³-hybridized carbons (Fsp3) is 0.750. The van der Waals surface area contributed by atoms with Crippen molar-refractivity contribution >= 4 is 5.71 Å². The van der Waals surface area contributed by atoms with Gasteiger partial charge in [-0.2, -0.15) is 5.10 Å². The van der Waals surface area contributed by atoms with E-state index in [0.29, 0.717) is 17.4 Å². The molecule has 0 saturated heterocycles. The molecule has 0 bridgehead atoms. The van der Waals surface area contributed by atoms with Gasteiger partial charge in [-0.05, 0) is 98.1 Å². The van der Waals surface area contributed by atoms with E-state index in [2.05, 4.69) is 50.2 Å². The highest BCUT2D eigenvalue weighted by Crippen LogP contribution is 2.68. The summed E-state index contributed by atoms with van der Waals surface area (Å²) in [6, 6.07) is 9.03. The van der Waals surface area contributed by atoms with Crippen LogP contribution in [0.15, 0.2) is 29.4 Å². The van der Waals surface area contributed by atoms with Gasteiger partial charge in [0.1, 0.15) is 5.75 Å². The molecular formula is C28H40N2O2. The molecule has 9 atom stereocenters. The third kappa shape index (κ3) is 2.80. The molecule has 6 rings (SSSR count). The molecule has 0 unspecified atom stereocenters. The van der Waals surface area contributed by atoms with Gasteiger partial charge in [0.25, 0.3) is 0 Å². The van der Waals surface area contributed by atoms with E-state index in [0.717, 1.165) is 42.3 Å². The number of fused-ring (bicyclic) bond motifs is 7. The molecule has 4 aliphatic carbocycles. The average molecular weight is 437 g/mol. The summed E-state index contributed by atoms with van der Waals surface area (Å²) in [5.74, 6) is 4.63. The first-order chi connectivity index (χ1) is 15.3. The summed E-state index contributed by atoms with van der Waals surface area (Å²) in [5.41, 5.74) is 3.57. The molecule has 174 valence electrons. The van der Waals surface area contributed by atoms with Crippen LogP contribution in [0.4, 0.5) is 0 Å². The van der Waals surface area contributed by atoms with Crippen LogP contribution >= 0.6 is 0 Å². The van der Waals surface area contributed by atoms with Crippen molar-refractivity contribution in [2.45, 2.75) is 77.4 Å². The van der Waals surface area contributed by atoms with Gasteiger partial charge in [0.05, 0.1) is 19.3 Å². The van der Waals surface area contributed by atoms with Crippen molar-refractivity contribution in [3.8, 4) is 5.75 Å². The number of nitrogens with zero attached hydrogens (tertiary/aromatic N) is 2. The standard InChI is InChI=1S/C28H40N2O2/c1-27-13-11-19(31)15-18(27)7-10-21-23(27)12-14-28(2)24(21)16-22-25(30(3)29-26(22)28)17-5-8-20(32-4)9-6-17/h5-6,8-9,18-19,21-25,31H,7,10-16H2,1-4H3/t18-,19-,21+,22+,23-,24-,25+,27-,28-/m0/s1. The molecule has 4 heteroatoms. The second-order valence-corrected chi connectivity index (χ2v) is 12.2. The first-order valence-electron chi connectivity index (χ1n) is 13.0. The Hall–Kier alpha value is -1.55. The number of hydrogen-bond acceptors (Lipinski definition) is 4. The van der Waals surface area contributed by atoms with Crippen LogP contribution < -0.4 is 4.74 Å². The summed E-state index contributed by atoms with van der Waals surface area (Å²) in [7, 11) is 3.91. The quantitative estimate of drug-likeness (QED) is 0.650. The maximum Gasteiger partial charge on any atom is 0.118 e. The number of hydrazone groups is 1. The van der Waals surface area contributed by atoms with Crippen molar-refractivity contribution in [3.05, 3.63) is 29.8 Å². The van der Waals surface area contributed by atoms with Gasteiger partial charge in [-0.25, -0.2) is 0 Å². The maximum atomic E-state index is 10.3. The van der Waals surface area contributed by atoms with E-state index >= 15 is 0 Å². The molecular weight excluding hydrogens is 396 g/mol. The first-order valence-corrected chi connectivity index (χ1v) is 13.0. The normalized spacial score (nSPS) is 47.2. The van der Waals surface area contributed by atoms with Gasteiger partial charge >= 0.3 is 0 Å². The zero-order valence-corrected chi connectivity index (χ0v) is 20.3. The van der Waals surface area contributed by atoms with Crippen molar-refractivity contribution in [1.82, 2.24) is 5.01 Å². The van der Waals surface area contributed by atoms with Crippen LogP contribution in [0.25, 0.3) is 0 Å². The van der Waals surface area contributed by atoms with Crippen molar-refractivity contribution in [2.24, 2.45) is 45.5 Å². The predicted molar refractivity (Wildman–Crippen MR) is 128 cm³/mol. The minimum absolute atomic E-state index is 0.0560. The van der Waals surface area contributed by atoms with Gasteiger partial charge in [0.2, 0.25) is 0 Å². The van der Waals surface area contributed by atoms with E-state index in [4.69, 9.17) is 9.84 Å². The number of benzene rings is 1. The number of hydrogen-bond donors (Lipinski definition) is 1. The van der Waals surface area contributed by atoms with E-state index in [9.17, 15) is 5.11 Å². The Morgan fingerprint density at radius 1 is 1.00 bits per heavy atom. The summed E-state index contributed by atoms with van der Waals surface area (Å²) in [6.07, 6.45) is 9.84. The van der Waals surface area contributed by atoms with Crippen molar-refractivity contribution in [3.63, 3.8) is 0 Å². The van der Waals surface area contributed by atoms with Crippen molar-refractivity contribution in [2.75, 3.05) is 14.2 Å². The van der Waals surface area contributed by atoms with Crippen LogP contribution in [0.5, 0.6) is 5.75 Å². The summed E-state index contributed by atoms with van der Waals surface area (Å²) in [6.45, 7) is 5.14. The van der Waals surface area contributed by atoms with E-state index in [1.165, 1.54) is 49.8 Å². The molecule has 4 saturated carbocycles. The van der Waals surface area contributed by atoms with E-state index in [-0.39, 0.29) is 11.5 Å². The highest BCUT2D eigenvalue weighted by molar-refractivity contribution is 5.96. The number of aliphatic hydroxyl groups excluding tert-OH is 1. The van der Waals surface area contributed by atoms with Gasteiger partial charge < -0.3 is 9.84 Å². The van der Waals surface area contributed by atoms with Gasteiger partial charge in [-0.3, -0.25) is 5.01 Å². The first kappa shape index (κ1) is 21.0. The monoisotopic (exact) mass is 436 g/mol. The molecule has 1 aromatic rings. The Morgan fingerprint density at radius 2 is 1.78 bits per heavy atom. The second-order valence-electron chi connectivity index (χ2n) is 12.2. The van der Waals surface area contributed by atoms with Gasteiger partial charge in [0.15, 0.2) is 0 Å². The summed E-state index contributed by atoms with van der Waals surface area (Å²) in [4.78, 5) is 0.